The average molecular weight is 321 g/mol. The number of fused-ring (bicyclic) bond motifs is 2. The third kappa shape index (κ3) is 2.05. The van der Waals surface area contributed by atoms with Gasteiger partial charge >= 0.3 is 0 Å². The molecular weight excluding hydrogens is 310 g/mol. The topological polar surface area (TPSA) is 44.5 Å². The lowest BCUT2D eigenvalue weighted by atomic mass is 10.2. The summed E-state index contributed by atoms with van der Waals surface area (Å²) in [7, 11) is 0. The molecule has 4 aromatic rings. The third-order valence-corrected chi connectivity index (χ3v) is 5.12. The minimum Gasteiger partial charge on any atom is -0.331 e. The Morgan fingerprint density at radius 2 is 2.09 bits per heavy atom. The zero-order valence-electron chi connectivity index (χ0n) is 11.5. The van der Waals surface area contributed by atoms with E-state index in [1.165, 1.54) is 15.6 Å². The van der Waals surface area contributed by atoms with Gasteiger partial charge in [0.05, 0.1) is 29.2 Å². The molecule has 22 heavy (non-hydrogen) atoms. The Morgan fingerprint density at radius 3 is 2.95 bits per heavy atom. The number of nitriles is 1. The Bertz CT molecular complexity index is 1090. The summed E-state index contributed by atoms with van der Waals surface area (Å²) in [5.41, 5.74) is 2.58. The summed E-state index contributed by atoms with van der Waals surface area (Å²) in [5.74, 6) is 0. The fraction of sp³-hybridized carbons (Fsp3) is 0.0588. The molecule has 3 nitrogen and oxygen atoms in total. The van der Waals surface area contributed by atoms with Gasteiger partial charge in [0.1, 0.15) is 0 Å². The van der Waals surface area contributed by atoms with Crippen LogP contribution < -0.4 is 0 Å². The SMILES string of the molecule is N#Cc1ccc2[nH]c(=S)n(Cc3scc4ccccc34)c2c1. The molecule has 0 saturated heterocycles. The third-order valence-electron chi connectivity index (χ3n) is 3.80. The number of rotatable bonds is 2. The summed E-state index contributed by atoms with van der Waals surface area (Å²) in [6, 6.07) is 16.2. The maximum absolute atomic E-state index is 9.10. The summed E-state index contributed by atoms with van der Waals surface area (Å²) in [6.07, 6.45) is 0. The van der Waals surface area contributed by atoms with Crippen LogP contribution >= 0.6 is 23.6 Å². The highest BCUT2D eigenvalue weighted by Crippen LogP contribution is 2.27. The number of benzene rings is 2. The summed E-state index contributed by atoms with van der Waals surface area (Å²) in [6.45, 7) is 0.714. The highest BCUT2D eigenvalue weighted by molar-refractivity contribution is 7.71. The van der Waals surface area contributed by atoms with Gasteiger partial charge in [-0.3, -0.25) is 0 Å². The van der Waals surface area contributed by atoms with Gasteiger partial charge in [0, 0.05) is 4.88 Å². The van der Waals surface area contributed by atoms with Crippen molar-refractivity contribution in [1.29, 1.82) is 5.26 Å². The molecule has 0 aliphatic rings. The van der Waals surface area contributed by atoms with Gasteiger partial charge in [0.15, 0.2) is 4.77 Å². The van der Waals surface area contributed by atoms with Gasteiger partial charge in [-0.15, -0.1) is 11.3 Å². The molecule has 0 bridgehead atoms. The van der Waals surface area contributed by atoms with Gasteiger partial charge in [-0.1, -0.05) is 24.3 Å². The van der Waals surface area contributed by atoms with E-state index in [1.54, 1.807) is 17.4 Å². The zero-order chi connectivity index (χ0) is 15.1. The molecule has 0 fully saturated rings. The van der Waals surface area contributed by atoms with Crippen LogP contribution in [0.15, 0.2) is 47.8 Å². The molecule has 0 amide bonds. The summed E-state index contributed by atoms with van der Waals surface area (Å²) < 4.78 is 2.74. The zero-order valence-corrected chi connectivity index (χ0v) is 13.2. The Balaban J connectivity index is 1.89. The van der Waals surface area contributed by atoms with Gasteiger partial charge in [-0.25, -0.2) is 0 Å². The minimum atomic E-state index is 0.645. The highest BCUT2D eigenvalue weighted by atomic mass is 32.1. The van der Waals surface area contributed by atoms with Crippen molar-refractivity contribution >= 4 is 45.4 Å². The number of hydrogen-bond donors (Lipinski definition) is 1. The number of aromatic nitrogens is 2. The number of imidazole rings is 1. The lowest BCUT2D eigenvalue weighted by Crippen LogP contribution is -1.98. The predicted octanol–water partition coefficient (Wildman–Crippen LogP) is 4.83. The van der Waals surface area contributed by atoms with E-state index in [0.717, 1.165) is 11.0 Å². The van der Waals surface area contributed by atoms with Crippen LogP contribution in [0.4, 0.5) is 0 Å². The second-order valence-corrected chi connectivity index (χ2v) is 6.46. The molecule has 0 saturated carbocycles. The molecule has 2 aromatic heterocycles. The fourth-order valence-corrected chi connectivity index (χ4v) is 3.96. The van der Waals surface area contributed by atoms with Gasteiger partial charge in [-0.2, -0.15) is 5.26 Å². The highest BCUT2D eigenvalue weighted by Gasteiger charge is 2.09. The largest absolute Gasteiger partial charge is 0.331 e. The Kier molecular flexibility index (Phi) is 3.07. The van der Waals surface area contributed by atoms with Crippen molar-refractivity contribution in [3.05, 3.63) is 63.1 Å². The first-order chi connectivity index (χ1) is 10.8. The molecule has 5 heteroatoms. The van der Waals surface area contributed by atoms with Crippen molar-refractivity contribution < 1.29 is 0 Å². The van der Waals surface area contributed by atoms with Gasteiger partial charge in [0.2, 0.25) is 0 Å². The number of nitrogens with one attached hydrogen (secondary N) is 1. The van der Waals surface area contributed by atoms with E-state index < -0.39 is 0 Å². The minimum absolute atomic E-state index is 0.645. The van der Waals surface area contributed by atoms with Crippen molar-refractivity contribution in [2.75, 3.05) is 0 Å². The maximum Gasteiger partial charge on any atom is 0.178 e. The molecule has 2 heterocycles. The average Bonchev–Trinajstić information content (AvgIpc) is 3.09. The van der Waals surface area contributed by atoms with E-state index in [1.807, 2.05) is 12.1 Å². The summed E-state index contributed by atoms with van der Waals surface area (Å²) in [5, 5.41) is 13.8. The second kappa shape index (κ2) is 5.09. The fourth-order valence-electron chi connectivity index (χ4n) is 2.70. The molecular formula is C17H11N3S2. The lowest BCUT2D eigenvalue weighted by molar-refractivity contribution is 0.827. The monoisotopic (exact) mass is 321 g/mol. The first-order valence-electron chi connectivity index (χ1n) is 6.84. The molecule has 0 aliphatic heterocycles. The molecule has 106 valence electrons. The van der Waals surface area contributed by atoms with Crippen molar-refractivity contribution in [2.45, 2.75) is 6.54 Å². The molecule has 1 N–H and O–H groups in total. The Morgan fingerprint density at radius 1 is 1.23 bits per heavy atom. The van der Waals surface area contributed by atoms with E-state index in [-0.39, 0.29) is 0 Å². The smallest absolute Gasteiger partial charge is 0.178 e. The molecule has 2 aromatic carbocycles. The molecule has 0 radical (unpaired) electrons. The quantitative estimate of drug-likeness (QED) is 0.537. The molecule has 0 unspecified atom stereocenters. The van der Waals surface area contributed by atoms with Crippen molar-refractivity contribution in [3.8, 4) is 6.07 Å². The first kappa shape index (κ1) is 13.3. The first-order valence-corrected chi connectivity index (χ1v) is 8.13. The van der Waals surface area contributed by atoms with Gasteiger partial charge in [-0.05, 0) is 46.6 Å². The van der Waals surface area contributed by atoms with Gasteiger partial charge in [0.25, 0.3) is 0 Å². The van der Waals surface area contributed by atoms with Crippen LogP contribution in [-0.2, 0) is 6.54 Å². The van der Waals surface area contributed by atoms with Crippen LogP contribution in [0.25, 0.3) is 21.8 Å². The molecule has 0 spiro atoms. The summed E-state index contributed by atoms with van der Waals surface area (Å²) >= 11 is 7.20. The lowest BCUT2D eigenvalue weighted by Gasteiger charge is -2.04. The standard InChI is InChI=1S/C17H11N3S2/c18-8-11-5-6-14-15(7-11)20(17(21)19-14)9-16-13-4-2-1-3-12(13)10-22-16/h1-7,10H,9H2,(H,19,21). The van der Waals surface area contributed by atoms with Crippen LogP contribution in [0.5, 0.6) is 0 Å². The van der Waals surface area contributed by atoms with Crippen molar-refractivity contribution in [1.82, 2.24) is 9.55 Å². The van der Waals surface area contributed by atoms with Crippen LogP contribution in [-0.4, -0.2) is 9.55 Å². The van der Waals surface area contributed by atoms with E-state index in [0.29, 0.717) is 16.9 Å². The van der Waals surface area contributed by atoms with Crippen LogP contribution in [0.1, 0.15) is 10.4 Å². The Hall–Kier alpha value is -2.42. The van der Waals surface area contributed by atoms with E-state index in [4.69, 9.17) is 17.5 Å². The summed E-state index contributed by atoms with van der Waals surface area (Å²) in [4.78, 5) is 4.48. The molecule has 4 rings (SSSR count). The Labute approximate surface area is 136 Å². The van der Waals surface area contributed by atoms with Gasteiger partial charge < -0.3 is 9.55 Å². The maximum atomic E-state index is 9.10. The van der Waals surface area contributed by atoms with E-state index in [2.05, 4.69) is 45.3 Å². The van der Waals surface area contributed by atoms with Crippen molar-refractivity contribution in [3.63, 3.8) is 0 Å². The second-order valence-electron chi connectivity index (χ2n) is 5.11. The van der Waals surface area contributed by atoms with Crippen molar-refractivity contribution in [2.24, 2.45) is 0 Å². The number of aromatic amines is 1. The number of H-pyrrole nitrogens is 1. The predicted molar refractivity (Wildman–Crippen MR) is 92.8 cm³/mol. The van der Waals surface area contributed by atoms with E-state index >= 15 is 0 Å². The number of hydrogen-bond acceptors (Lipinski definition) is 3. The van der Waals surface area contributed by atoms with E-state index in [9.17, 15) is 0 Å². The van der Waals surface area contributed by atoms with Crippen LogP contribution in [0.3, 0.4) is 0 Å². The van der Waals surface area contributed by atoms with Crippen LogP contribution in [0, 0.1) is 16.1 Å². The number of nitrogens with zero attached hydrogens (tertiary/aromatic N) is 2. The van der Waals surface area contributed by atoms with Crippen LogP contribution in [0.2, 0.25) is 0 Å². The number of thiophene rings is 1. The molecule has 0 aliphatic carbocycles. The normalized spacial score (nSPS) is 11.0. The molecule has 0 atom stereocenters.